The molecule has 0 unspecified atom stereocenters. The molecule has 2 aromatic carbocycles. The molecule has 0 aromatic heterocycles. The quantitative estimate of drug-likeness (QED) is 0.724. The summed E-state index contributed by atoms with van der Waals surface area (Å²) in [7, 11) is -1.80. The Morgan fingerprint density at radius 3 is 2.44 bits per heavy atom. The van der Waals surface area contributed by atoms with Gasteiger partial charge in [-0.15, -0.1) is 0 Å². The highest BCUT2D eigenvalue weighted by atomic mass is 35.5. The van der Waals surface area contributed by atoms with Gasteiger partial charge in [0.25, 0.3) is 5.91 Å². The number of rotatable bonds is 7. The minimum absolute atomic E-state index is 0.168. The molecule has 0 heterocycles. The molecule has 0 spiro atoms. The summed E-state index contributed by atoms with van der Waals surface area (Å²) in [6, 6.07) is 9.99. The standard InChI is InChI=1S/C19H23ClN2O4S/c1-5-17(13-6-9-18(26-3)12(2)10-13)21-19(23)15-8-7-14(11-16(15)20)22-27(4,24)25/h6-11,17,22H,5H2,1-4H3,(H,21,23)/t17-/m1/s1. The van der Waals surface area contributed by atoms with Crippen LogP contribution in [0.25, 0.3) is 0 Å². The zero-order valence-corrected chi connectivity index (χ0v) is 17.2. The van der Waals surface area contributed by atoms with Crippen molar-refractivity contribution in [1.29, 1.82) is 0 Å². The largest absolute Gasteiger partial charge is 0.496 e. The number of methoxy groups -OCH3 is 1. The van der Waals surface area contributed by atoms with E-state index >= 15 is 0 Å². The van der Waals surface area contributed by atoms with Crippen LogP contribution < -0.4 is 14.8 Å². The van der Waals surface area contributed by atoms with Gasteiger partial charge in [0.15, 0.2) is 0 Å². The van der Waals surface area contributed by atoms with Crippen molar-refractivity contribution in [2.45, 2.75) is 26.3 Å². The maximum absolute atomic E-state index is 12.7. The highest BCUT2D eigenvalue weighted by Crippen LogP contribution is 2.26. The van der Waals surface area contributed by atoms with Crippen molar-refractivity contribution in [2.24, 2.45) is 0 Å². The molecule has 0 saturated heterocycles. The number of amides is 1. The number of nitrogens with one attached hydrogen (secondary N) is 2. The molecular weight excluding hydrogens is 388 g/mol. The van der Waals surface area contributed by atoms with Crippen LogP contribution in [0.2, 0.25) is 5.02 Å². The van der Waals surface area contributed by atoms with E-state index in [4.69, 9.17) is 16.3 Å². The zero-order chi connectivity index (χ0) is 20.2. The van der Waals surface area contributed by atoms with E-state index < -0.39 is 10.0 Å². The molecule has 1 amide bonds. The fourth-order valence-electron chi connectivity index (χ4n) is 2.75. The van der Waals surface area contributed by atoms with Crippen LogP contribution in [0.1, 0.15) is 40.9 Å². The Hall–Kier alpha value is -2.25. The first-order valence-corrected chi connectivity index (χ1v) is 10.6. The van der Waals surface area contributed by atoms with Crippen molar-refractivity contribution in [1.82, 2.24) is 5.32 Å². The van der Waals surface area contributed by atoms with Gasteiger partial charge in [-0.3, -0.25) is 9.52 Å². The molecule has 2 N–H and O–H groups in total. The second-order valence-electron chi connectivity index (χ2n) is 6.23. The van der Waals surface area contributed by atoms with Crippen molar-refractivity contribution < 1.29 is 17.9 Å². The summed E-state index contributed by atoms with van der Waals surface area (Å²) in [5.74, 6) is 0.461. The molecular formula is C19H23ClN2O4S. The third kappa shape index (κ3) is 5.61. The summed E-state index contributed by atoms with van der Waals surface area (Å²) in [5, 5.41) is 3.14. The Labute approximate surface area is 164 Å². The smallest absolute Gasteiger partial charge is 0.253 e. The van der Waals surface area contributed by atoms with Gasteiger partial charge in [-0.25, -0.2) is 8.42 Å². The van der Waals surface area contributed by atoms with E-state index in [2.05, 4.69) is 10.0 Å². The molecule has 8 heteroatoms. The van der Waals surface area contributed by atoms with Gasteiger partial charge in [0.1, 0.15) is 5.75 Å². The van der Waals surface area contributed by atoms with E-state index in [1.54, 1.807) is 7.11 Å². The number of carbonyl (C=O) groups excluding carboxylic acids is 1. The number of carbonyl (C=O) groups is 1. The summed E-state index contributed by atoms with van der Waals surface area (Å²) < 4.78 is 30.2. The van der Waals surface area contributed by atoms with Crippen LogP contribution >= 0.6 is 11.6 Å². The molecule has 6 nitrogen and oxygen atoms in total. The Bertz CT molecular complexity index is 945. The monoisotopic (exact) mass is 410 g/mol. The van der Waals surface area contributed by atoms with Gasteiger partial charge in [-0.2, -0.15) is 0 Å². The van der Waals surface area contributed by atoms with Crippen LogP contribution in [0.4, 0.5) is 5.69 Å². The van der Waals surface area contributed by atoms with Crippen molar-refractivity contribution in [2.75, 3.05) is 18.1 Å². The number of halogens is 1. The molecule has 0 radical (unpaired) electrons. The molecule has 0 fully saturated rings. The fraction of sp³-hybridized carbons (Fsp3) is 0.316. The van der Waals surface area contributed by atoms with Crippen molar-refractivity contribution >= 4 is 33.2 Å². The van der Waals surface area contributed by atoms with E-state index in [9.17, 15) is 13.2 Å². The van der Waals surface area contributed by atoms with E-state index in [0.717, 1.165) is 23.1 Å². The van der Waals surface area contributed by atoms with Crippen molar-refractivity contribution in [3.8, 4) is 5.75 Å². The maximum atomic E-state index is 12.7. The molecule has 146 valence electrons. The van der Waals surface area contributed by atoms with Gasteiger partial charge in [-0.05, 0) is 48.7 Å². The third-order valence-electron chi connectivity index (χ3n) is 4.05. The molecule has 2 aromatic rings. The van der Waals surface area contributed by atoms with E-state index in [-0.39, 0.29) is 22.5 Å². The zero-order valence-electron chi connectivity index (χ0n) is 15.7. The number of hydrogen-bond donors (Lipinski definition) is 2. The number of ether oxygens (including phenoxy) is 1. The number of sulfonamides is 1. The lowest BCUT2D eigenvalue weighted by molar-refractivity contribution is 0.0935. The molecule has 1 atom stereocenters. The topological polar surface area (TPSA) is 84.5 Å². The first-order chi connectivity index (χ1) is 12.6. The van der Waals surface area contributed by atoms with Crippen molar-refractivity contribution in [3.63, 3.8) is 0 Å². The summed E-state index contributed by atoms with van der Waals surface area (Å²) in [5.41, 5.74) is 2.53. The van der Waals surface area contributed by atoms with E-state index in [0.29, 0.717) is 12.1 Å². The molecule has 2 rings (SSSR count). The number of anilines is 1. The number of benzene rings is 2. The maximum Gasteiger partial charge on any atom is 0.253 e. The minimum atomic E-state index is -3.42. The number of aryl methyl sites for hydroxylation is 1. The predicted molar refractivity (Wildman–Crippen MR) is 108 cm³/mol. The van der Waals surface area contributed by atoms with Crippen molar-refractivity contribution in [3.05, 3.63) is 58.1 Å². The molecule has 27 heavy (non-hydrogen) atoms. The lowest BCUT2D eigenvalue weighted by Gasteiger charge is -2.19. The van der Waals surface area contributed by atoms with Gasteiger partial charge >= 0.3 is 0 Å². The average Bonchev–Trinajstić information content (AvgIpc) is 2.58. The van der Waals surface area contributed by atoms with Crippen LogP contribution in [0, 0.1) is 6.92 Å². The SMILES string of the molecule is CC[C@@H](NC(=O)c1ccc(NS(C)(=O)=O)cc1Cl)c1ccc(OC)c(C)c1. The molecule has 0 aliphatic heterocycles. The fourth-order valence-corrected chi connectivity index (χ4v) is 3.57. The van der Waals surface area contributed by atoms with Crippen LogP contribution in [-0.4, -0.2) is 27.7 Å². The molecule has 0 bridgehead atoms. The van der Waals surface area contributed by atoms with Crippen LogP contribution in [0.15, 0.2) is 36.4 Å². The minimum Gasteiger partial charge on any atom is -0.496 e. The van der Waals surface area contributed by atoms with Gasteiger partial charge in [0.2, 0.25) is 10.0 Å². The summed E-state index contributed by atoms with van der Waals surface area (Å²) in [6.07, 6.45) is 1.74. The number of hydrogen-bond acceptors (Lipinski definition) is 4. The third-order valence-corrected chi connectivity index (χ3v) is 4.97. The first-order valence-electron chi connectivity index (χ1n) is 8.37. The highest BCUT2D eigenvalue weighted by molar-refractivity contribution is 7.92. The van der Waals surface area contributed by atoms with Crippen LogP contribution in [0.3, 0.4) is 0 Å². The molecule has 0 aliphatic carbocycles. The van der Waals surface area contributed by atoms with E-state index in [1.807, 2.05) is 32.0 Å². The molecule has 0 saturated carbocycles. The first kappa shape index (κ1) is 21.1. The van der Waals surface area contributed by atoms with Crippen LogP contribution in [0.5, 0.6) is 5.75 Å². The Kier molecular flexibility index (Phi) is 6.73. The lowest BCUT2D eigenvalue weighted by Crippen LogP contribution is -2.28. The van der Waals surface area contributed by atoms with Gasteiger partial charge in [0.05, 0.1) is 30.0 Å². The lowest BCUT2D eigenvalue weighted by atomic mass is 10.0. The Balaban J connectivity index is 2.20. The van der Waals surface area contributed by atoms with Crippen LogP contribution in [-0.2, 0) is 10.0 Å². The summed E-state index contributed by atoms with van der Waals surface area (Å²) >= 11 is 6.18. The van der Waals surface area contributed by atoms with E-state index in [1.165, 1.54) is 18.2 Å². The Morgan fingerprint density at radius 2 is 1.93 bits per heavy atom. The van der Waals surface area contributed by atoms with Gasteiger partial charge in [0, 0.05) is 5.69 Å². The molecule has 0 aliphatic rings. The Morgan fingerprint density at radius 1 is 1.22 bits per heavy atom. The highest BCUT2D eigenvalue weighted by Gasteiger charge is 2.18. The average molecular weight is 411 g/mol. The summed E-state index contributed by atoms with van der Waals surface area (Å²) in [6.45, 7) is 3.92. The second-order valence-corrected chi connectivity index (χ2v) is 8.39. The second kappa shape index (κ2) is 8.63. The van der Waals surface area contributed by atoms with Gasteiger partial charge in [-0.1, -0.05) is 30.7 Å². The predicted octanol–water partition coefficient (Wildman–Crippen LogP) is 3.91. The summed E-state index contributed by atoms with van der Waals surface area (Å²) in [4.78, 5) is 12.7. The van der Waals surface area contributed by atoms with Gasteiger partial charge < -0.3 is 10.1 Å². The normalized spacial score (nSPS) is 12.3.